The quantitative estimate of drug-likeness (QED) is 0.782. The van der Waals surface area contributed by atoms with Crippen molar-refractivity contribution in [3.8, 4) is 0 Å². The molecular weight excluding hydrogens is 255 g/mol. The molecule has 0 heterocycles. The van der Waals surface area contributed by atoms with Crippen molar-refractivity contribution in [2.75, 3.05) is 5.88 Å². The maximum atomic E-state index is 12.7. The van der Waals surface area contributed by atoms with E-state index in [0.29, 0.717) is 25.1 Å². The van der Waals surface area contributed by atoms with Crippen LogP contribution in [0.2, 0.25) is 0 Å². The average molecular weight is 272 g/mol. The molecule has 0 aromatic carbocycles. The minimum absolute atomic E-state index is 0.115. The summed E-state index contributed by atoms with van der Waals surface area (Å²) < 4.78 is 38.2. The number of hydrogen-bond acceptors (Lipinski definition) is 1. The molecule has 0 radical (unpaired) electrons. The first kappa shape index (κ1) is 14.6. The van der Waals surface area contributed by atoms with Gasteiger partial charge in [-0.1, -0.05) is 12.8 Å². The molecule has 0 aliphatic heterocycles. The van der Waals surface area contributed by atoms with Crippen LogP contribution >= 0.6 is 11.6 Å². The first-order valence-corrected chi connectivity index (χ1v) is 6.40. The zero-order chi connectivity index (χ0) is 12.9. The Labute approximate surface area is 104 Å². The van der Waals surface area contributed by atoms with Gasteiger partial charge in [0.25, 0.3) is 0 Å². The molecule has 1 aliphatic rings. The van der Waals surface area contributed by atoms with Gasteiger partial charge >= 0.3 is 6.18 Å². The fraction of sp³-hybridized carbons (Fsp3) is 0.909. The molecule has 0 saturated heterocycles. The van der Waals surface area contributed by atoms with Crippen molar-refractivity contribution in [1.82, 2.24) is 5.32 Å². The van der Waals surface area contributed by atoms with Gasteiger partial charge in [-0.25, -0.2) is 0 Å². The molecule has 0 aromatic rings. The molecule has 17 heavy (non-hydrogen) atoms. The first-order chi connectivity index (χ1) is 7.95. The standard InChI is InChI=1S/C11H17ClF3NO/c12-7-3-6-10(17)16-9-5-2-1-4-8(9)11(13,14)15/h8-9H,1-7H2,(H,16,17). The summed E-state index contributed by atoms with van der Waals surface area (Å²) in [5, 5.41) is 2.49. The zero-order valence-corrected chi connectivity index (χ0v) is 10.3. The van der Waals surface area contributed by atoms with Gasteiger partial charge in [0, 0.05) is 18.3 Å². The van der Waals surface area contributed by atoms with Crippen molar-refractivity contribution >= 4 is 17.5 Å². The molecule has 2 nitrogen and oxygen atoms in total. The lowest BCUT2D eigenvalue weighted by molar-refractivity contribution is -0.189. The molecule has 1 rings (SSSR count). The Morgan fingerprint density at radius 3 is 2.53 bits per heavy atom. The van der Waals surface area contributed by atoms with Crippen LogP contribution < -0.4 is 5.32 Å². The van der Waals surface area contributed by atoms with E-state index >= 15 is 0 Å². The molecule has 6 heteroatoms. The number of nitrogens with one attached hydrogen (secondary N) is 1. The second-order valence-electron chi connectivity index (χ2n) is 4.40. The summed E-state index contributed by atoms with van der Waals surface area (Å²) >= 11 is 5.43. The number of hydrogen-bond donors (Lipinski definition) is 1. The Kier molecular flexibility index (Phi) is 5.56. The van der Waals surface area contributed by atoms with E-state index in [9.17, 15) is 18.0 Å². The van der Waals surface area contributed by atoms with Gasteiger partial charge in [0.2, 0.25) is 5.91 Å². The van der Waals surface area contributed by atoms with Crippen LogP contribution in [0.4, 0.5) is 13.2 Å². The third-order valence-electron chi connectivity index (χ3n) is 3.07. The molecule has 0 aromatic heterocycles. The van der Waals surface area contributed by atoms with E-state index in [1.807, 2.05) is 0 Å². The van der Waals surface area contributed by atoms with E-state index in [1.165, 1.54) is 0 Å². The Bertz CT molecular complexity index is 258. The highest BCUT2D eigenvalue weighted by molar-refractivity contribution is 6.17. The number of alkyl halides is 4. The second-order valence-corrected chi connectivity index (χ2v) is 4.78. The van der Waals surface area contributed by atoms with Crippen LogP contribution in [0.3, 0.4) is 0 Å². The average Bonchev–Trinajstić information content (AvgIpc) is 2.25. The van der Waals surface area contributed by atoms with Crippen molar-refractivity contribution in [2.45, 2.75) is 50.7 Å². The summed E-state index contributed by atoms with van der Waals surface area (Å²) in [6.07, 6.45) is -1.67. The highest BCUT2D eigenvalue weighted by atomic mass is 35.5. The Balaban J connectivity index is 2.51. The van der Waals surface area contributed by atoms with Crippen LogP contribution in [0.5, 0.6) is 0 Å². The van der Waals surface area contributed by atoms with Crippen LogP contribution in [0.15, 0.2) is 0 Å². The minimum Gasteiger partial charge on any atom is -0.353 e. The molecule has 1 N–H and O–H groups in total. The van der Waals surface area contributed by atoms with E-state index in [0.717, 1.165) is 6.42 Å². The lowest BCUT2D eigenvalue weighted by Gasteiger charge is -2.33. The predicted molar refractivity (Wildman–Crippen MR) is 59.9 cm³/mol. The predicted octanol–water partition coefficient (Wildman–Crippen LogP) is 3.24. The van der Waals surface area contributed by atoms with Gasteiger partial charge in [0.1, 0.15) is 0 Å². The number of carbonyl (C=O) groups is 1. The van der Waals surface area contributed by atoms with Gasteiger partial charge < -0.3 is 5.32 Å². The molecule has 0 bridgehead atoms. The Morgan fingerprint density at radius 1 is 1.29 bits per heavy atom. The maximum Gasteiger partial charge on any atom is 0.393 e. The smallest absolute Gasteiger partial charge is 0.353 e. The molecular formula is C11H17ClF3NO. The van der Waals surface area contributed by atoms with E-state index < -0.39 is 18.1 Å². The fourth-order valence-electron chi connectivity index (χ4n) is 2.20. The SMILES string of the molecule is O=C(CCCCl)NC1CCCCC1C(F)(F)F. The van der Waals surface area contributed by atoms with Crippen molar-refractivity contribution < 1.29 is 18.0 Å². The molecule has 1 fully saturated rings. The molecule has 0 spiro atoms. The van der Waals surface area contributed by atoms with Crippen molar-refractivity contribution in [3.63, 3.8) is 0 Å². The third-order valence-corrected chi connectivity index (χ3v) is 3.34. The largest absolute Gasteiger partial charge is 0.393 e. The van der Waals surface area contributed by atoms with Gasteiger partial charge in [-0.3, -0.25) is 4.79 Å². The van der Waals surface area contributed by atoms with Crippen molar-refractivity contribution in [3.05, 3.63) is 0 Å². The lowest BCUT2D eigenvalue weighted by Crippen LogP contribution is -2.47. The molecule has 1 saturated carbocycles. The number of amides is 1. The first-order valence-electron chi connectivity index (χ1n) is 5.87. The van der Waals surface area contributed by atoms with Crippen LogP contribution in [-0.4, -0.2) is 24.0 Å². The normalized spacial score (nSPS) is 25.6. The van der Waals surface area contributed by atoms with Crippen LogP contribution in [0.25, 0.3) is 0 Å². The summed E-state index contributed by atoms with van der Waals surface area (Å²) in [6.45, 7) is 0. The van der Waals surface area contributed by atoms with Gasteiger partial charge in [-0.2, -0.15) is 13.2 Å². The van der Waals surface area contributed by atoms with E-state index in [2.05, 4.69) is 5.32 Å². The number of carbonyl (C=O) groups excluding carboxylic acids is 1. The van der Waals surface area contributed by atoms with E-state index in [1.54, 1.807) is 0 Å². The van der Waals surface area contributed by atoms with E-state index in [-0.39, 0.29) is 18.7 Å². The number of halogens is 4. The van der Waals surface area contributed by atoms with Crippen LogP contribution in [0.1, 0.15) is 38.5 Å². The molecule has 1 aliphatic carbocycles. The summed E-state index contributed by atoms with van der Waals surface area (Å²) in [6, 6.07) is -0.758. The monoisotopic (exact) mass is 271 g/mol. The second kappa shape index (κ2) is 6.47. The van der Waals surface area contributed by atoms with Gasteiger partial charge in [-0.05, 0) is 19.3 Å². The summed E-state index contributed by atoms with van der Waals surface area (Å²) in [4.78, 5) is 11.4. The van der Waals surface area contributed by atoms with Crippen LogP contribution in [0, 0.1) is 5.92 Å². The fourth-order valence-corrected chi connectivity index (χ4v) is 2.34. The van der Waals surface area contributed by atoms with Gasteiger partial charge in [0.05, 0.1) is 5.92 Å². The van der Waals surface area contributed by atoms with Crippen molar-refractivity contribution in [1.29, 1.82) is 0 Å². The highest BCUT2D eigenvalue weighted by Gasteiger charge is 2.45. The summed E-state index contributed by atoms with van der Waals surface area (Å²) in [5.41, 5.74) is 0. The highest BCUT2D eigenvalue weighted by Crippen LogP contribution is 2.37. The topological polar surface area (TPSA) is 29.1 Å². The number of rotatable bonds is 4. The summed E-state index contributed by atoms with van der Waals surface area (Å²) in [7, 11) is 0. The van der Waals surface area contributed by atoms with Gasteiger partial charge in [0.15, 0.2) is 0 Å². The molecule has 2 atom stereocenters. The zero-order valence-electron chi connectivity index (χ0n) is 9.52. The lowest BCUT2D eigenvalue weighted by atomic mass is 9.84. The van der Waals surface area contributed by atoms with Crippen molar-refractivity contribution in [2.24, 2.45) is 5.92 Å². The molecule has 1 amide bonds. The molecule has 100 valence electrons. The summed E-state index contributed by atoms with van der Waals surface area (Å²) in [5.74, 6) is -1.37. The van der Waals surface area contributed by atoms with Crippen LogP contribution in [-0.2, 0) is 4.79 Å². The minimum atomic E-state index is -4.22. The Hall–Kier alpha value is -0.450. The third kappa shape index (κ3) is 4.74. The Morgan fingerprint density at radius 2 is 1.94 bits per heavy atom. The van der Waals surface area contributed by atoms with Gasteiger partial charge in [-0.15, -0.1) is 11.6 Å². The van der Waals surface area contributed by atoms with E-state index in [4.69, 9.17) is 11.6 Å². The molecule has 2 unspecified atom stereocenters. The maximum absolute atomic E-state index is 12.7.